The second-order valence-corrected chi connectivity index (χ2v) is 3.60. The maximum Gasteiger partial charge on any atom is 0.149 e. The zero-order valence-corrected chi connectivity index (χ0v) is 11.1. The molecular formula is C14H12N4O2. The molecule has 0 atom stereocenters. The molecule has 6 nitrogen and oxygen atoms in total. The molecule has 0 aliphatic carbocycles. The summed E-state index contributed by atoms with van der Waals surface area (Å²) >= 11 is 0. The quantitative estimate of drug-likeness (QED) is 0.822. The molecule has 0 aliphatic rings. The van der Waals surface area contributed by atoms with Gasteiger partial charge < -0.3 is 14.8 Å². The first-order valence-corrected chi connectivity index (χ1v) is 5.59. The van der Waals surface area contributed by atoms with E-state index in [0.717, 1.165) is 0 Å². The summed E-state index contributed by atoms with van der Waals surface area (Å²) < 4.78 is 10.3. The van der Waals surface area contributed by atoms with E-state index in [1.807, 2.05) is 6.07 Å². The fourth-order valence-corrected chi connectivity index (χ4v) is 1.50. The molecule has 0 saturated heterocycles. The average molecular weight is 268 g/mol. The SMILES string of the molecule is COc1ccc(NC(CC#N)=C(C#N)C#N)c(OC)c1. The second-order valence-electron chi connectivity index (χ2n) is 3.60. The van der Waals surface area contributed by atoms with Gasteiger partial charge in [-0.15, -0.1) is 0 Å². The molecule has 1 aromatic rings. The standard InChI is InChI=1S/C14H12N4O2/c1-19-11-3-4-13(14(7-11)20-2)18-12(5-6-15)10(8-16)9-17/h3-4,7,18H,5H2,1-2H3. The van der Waals surface area contributed by atoms with Gasteiger partial charge in [0.15, 0.2) is 0 Å². The number of methoxy groups -OCH3 is 2. The molecule has 1 N–H and O–H groups in total. The lowest BCUT2D eigenvalue weighted by molar-refractivity contribution is 0.395. The van der Waals surface area contributed by atoms with E-state index in [1.165, 1.54) is 14.2 Å². The molecule has 0 bridgehead atoms. The summed E-state index contributed by atoms with van der Waals surface area (Å²) in [5.41, 5.74) is 0.645. The fraction of sp³-hybridized carbons (Fsp3) is 0.214. The predicted molar refractivity (Wildman–Crippen MR) is 71.7 cm³/mol. The van der Waals surface area contributed by atoms with Crippen LogP contribution >= 0.6 is 0 Å². The van der Waals surface area contributed by atoms with Crippen LogP contribution in [0, 0.1) is 34.0 Å². The number of hydrogen-bond donors (Lipinski definition) is 1. The van der Waals surface area contributed by atoms with Gasteiger partial charge in [-0.1, -0.05) is 0 Å². The molecule has 20 heavy (non-hydrogen) atoms. The summed E-state index contributed by atoms with van der Waals surface area (Å²) in [6, 6.07) is 10.5. The number of allylic oxidation sites excluding steroid dienone is 2. The van der Waals surface area contributed by atoms with Crippen molar-refractivity contribution in [2.24, 2.45) is 0 Å². The normalized spacial score (nSPS) is 8.55. The number of benzene rings is 1. The number of ether oxygens (including phenoxy) is 2. The summed E-state index contributed by atoms with van der Waals surface area (Å²) in [7, 11) is 3.02. The lowest BCUT2D eigenvalue weighted by atomic mass is 10.1. The Hall–Kier alpha value is -3.17. The molecule has 0 fully saturated rings. The Kier molecular flexibility index (Phi) is 5.44. The third kappa shape index (κ3) is 3.41. The summed E-state index contributed by atoms with van der Waals surface area (Å²) in [4.78, 5) is 0. The first kappa shape index (κ1) is 14.9. The molecule has 6 heteroatoms. The van der Waals surface area contributed by atoms with Gasteiger partial charge in [0.25, 0.3) is 0 Å². The Balaban J connectivity index is 3.20. The Morgan fingerprint density at radius 1 is 1.15 bits per heavy atom. The highest BCUT2D eigenvalue weighted by Crippen LogP contribution is 2.30. The lowest BCUT2D eigenvalue weighted by Gasteiger charge is -2.13. The van der Waals surface area contributed by atoms with Gasteiger partial charge in [-0.2, -0.15) is 15.8 Å². The zero-order chi connectivity index (χ0) is 15.0. The molecule has 100 valence electrons. The Morgan fingerprint density at radius 3 is 2.35 bits per heavy atom. The van der Waals surface area contributed by atoms with Crippen molar-refractivity contribution in [2.45, 2.75) is 6.42 Å². The number of rotatable bonds is 5. The molecule has 0 amide bonds. The van der Waals surface area contributed by atoms with Gasteiger partial charge in [0, 0.05) is 6.07 Å². The molecule has 1 aromatic carbocycles. The van der Waals surface area contributed by atoms with Crippen LogP contribution in [0.4, 0.5) is 5.69 Å². The molecule has 1 rings (SSSR count). The minimum Gasteiger partial charge on any atom is -0.497 e. The van der Waals surface area contributed by atoms with Crippen LogP contribution in [0.15, 0.2) is 29.5 Å². The highest BCUT2D eigenvalue weighted by molar-refractivity contribution is 5.63. The van der Waals surface area contributed by atoms with Gasteiger partial charge in [0.2, 0.25) is 0 Å². The van der Waals surface area contributed by atoms with Crippen LogP contribution in [-0.4, -0.2) is 14.2 Å². The molecule has 0 radical (unpaired) electrons. The van der Waals surface area contributed by atoms with Gasteiger partial charge in [-0.25, -0.2) is 0 Å². The molecule has 0 spiro atoms. The van der Waals surface area contributed by atoms with Crippen molar-refractivity contribution in [3.63, 3.8) is 0 Å². The second kappa shape index (κ2) is 7.31. The first-order valence-electron chi connectivity index (χ1n) is 5.59. The van der Waals surface area contributed by atoms with Gasteiger partial charge in [0.1, 0.15) is 29.2 Å². The minimum atomic E-state index is -0.135. The van der Waals surface area contributed by atoms with Crippen LogP contribution in [0.3, 0.4) is 0 Å². The van der Waals surface area contributed by atoms with Crippen molar-refractivity contribution >= 4 is 5.69 Å². The minimum absolute atomic E-state index is 0.0777. The molecule has 0 saturated carbocycles. The average Bonchev–Trinajstić information content (AvgIpc) is 2.49. The lowest BCUT2D eigenvalue weighted by Crippen LogP contribution is -2.04. The van der Waals surface area contributed by atoms with Crippen LogP contribution in [0.1, 0.15) is 6.42 Å². The van der Waals surface area contributed by atoms with Crippen LogP contribution in [-0.2, 0) is 0 Å². The van der Waals surface area contributed by atoms with Crippen molar-refractivity contribution in [1.29, 1.82) is 15.8 Å². The number of hydrogen-bond acceptors (Lipinski definition) is 6. The van der Waals surface area contributed by atoms with E-state index >= 15 is 0 Å². The van der Waals surface area contributed by atoms with E-state index in [2.05, 4.69) is 5.32 Å². The fourth-order valence-electron chi connectivity index (χ4n) is 1.50. The summed E-state index contributed by atoms with van der Waals surface area (Å²) in [5, 5.41) is 29.4. The van der Waals surface area contributed by atoms with Gasteiger partial charge in [-0.3, -0.25) is 0 Å². The predicted octanol–water partition coefficient (Wildman–Crippen LogP) is 2.33. The van der Waals surface area contributed by atoms with Crippen molar-refractivity contribution in [1.82, 2.24) is 0 Å². The van der Waals surface area contributed by atoms with E-state index in [4.69, 9.17) is 25.3 Å². The smallest absolute Gasteiger partial charge is 0.149 e. The van der Waals surface area contributed by atoms with Crippen molar-refractivity contribution in [3.05, 3.63) is 29.5 Å². The molecule has 0 aliphatic heterocycles. The van der Waals surface area contributed by atoms with Crippen molar-refractivity contribution in [2.75, 3.05) is 19.5 Å². The molecule has 0 heterocycles. The zero-order valence-electron chi connectivity index (χ0n) is 11.1. The van der Waals surface area contributed by atoms with E-state index in [-0.39, 0.29) is 17.7 Å². The third-order valence-corrected chi connectivity index (χ3v) is 2.48. The monoisotopic (exact) mass is 268 g/mol. The van der Waals surface area contributed by atoms with E-state index in [1.54, 1.807) is 30.3 Å². The first-order chi connectivity index (χ1) is 9.69. The Bertz CT molecular complexity index is 629. The molecular weight excluding hydrogens is 256 g/mol. The number of nitriles is 3. The van der Waals surface area contributed by atoms with Crippen LogP contribution in [0.5, 0.6) is 11.5 Å². The number of anilines is 1. The van der Waals surface area contributed by atoms with Crippen LogP contribution in [0.2, 0.25) is 0 Å². The number of nitrogens with one attached hydrogen (secondary N) is 1. The number of nitrogens with zero attached hydrogens (tertiary/aromatic N) is 3. The van der Waals surface area contributed by atoms with Crippen LogP contribution < -0.4 is 14.8 Å². The summed E-state index contributed by atoms with van der Waals surface area (Å²) in [6.07, 6.45) is -0.0777. The summed E-state index contributed by atoms with van der Waals surface area (Å²) in [5.74, 6) is 1.09. The topological polar surface area (TPSA) is 102 Å². The maximum atomic E-state index is 8.88. The highest BCUT2D eigenvalue weighted by atomic mass is 16.5. The maximum absolute atomic E-state index is 8.88. The molecule has 0 aromatic heterocycles. The largest absolute Gasteiger partial charge is 0.497 e. The van der Waals surface area contributed by atoms with Gasteiger partial charge in [-0.05, 0) is 12.1 Å². The summed E-state index contributed by atoms with van der Waals surface area (Å²) in [6.45, 7) is 0. The Morgan fingerprint density at radius 2 is 1.85 bits per heavy atom. The van der Waals surface area contributed by atoms with Crippen molar-refractivity contribution < 1.29 is 9.47 Å². The third-order valence-electron chi connectivity index (χ3n) is 2.48. The van der Waals surface area contributed by atoms with E-state index in [0.29, 0.717) is 17.2 Å². The van der Waals surface area contributed by atoms with E-state index in [9.17, 15) is 0 Å². The Labute approximate surface area is 117 Å². The van der Waals surface area contributed by atoms with Gasteiger partial charge >= 0.3 is 0 Å². The highest BCUT2D eigenvalue weighted by Gasteiger charge is 2.10. The van der Waals surface area contributed by atoms with Crippen LogP contribution in [0.25, 0.3) is 0 Å². The molecule has 0 unspecified atom stereocenters. The van der Waals surface area contributed by atoms with Crippen molar-refractivity contribution in [3.8, 4) is 29.7 Å². The van der Waals surface area contributed by atoms with E-state index < -0.39 is 0 Å². The van der Waals surface area contributed by atoms with Gasteiger partial charge in [0.05, 0.1) is 38.1 Å².